The van der Waals surface area contributed by atoms with Crippen LogP contribution in [0, 0.1) is 5.82 Å². The molecule has 0 bridgehead atoms. The standard InChI is InChI=1S/C28H34ClFN6O8/c1-42-20-13-34-25(16-11-15(29)3-4-18(16)30)36-26(20)35-19-5-8-32-12-17(19)27(41)33-7-2-6-31-9-10-43-28-24(40)23(39)22(38)21(14-37)44-28/h3-5,8,11-13,21-24,28,31,37-40H,2,6-7,9-10,14H2,1H3,(H,33,41)(H,32,34,35,36)/t21-,22-,23+,24-,28?/m1/s1. The van der Waals surface area contributed by atoms with Gasteiger partial charge in [-0.05, 0) is 37.2 Å². The summed E-state index contributed by atoms with van der Waals surface area (Å²) >= 11 is 6.03. The van der Waals surface area contributed by atoms with Crippen LogP contribution in [0.1, 0.15) is 16.8 Å². The van der Waals surface area contributed by atoms with Crippen molar-refractivity contribution in [2.45, 2.75) is 37.1 Å². The van der Waals surface area contributed by atoms with Crippen molar-refractivity contribution in [3.05, 3.63) is 59.3 Å². The van der Waals surface area contributed by atoms with E-state index in [2.05, 4.69) is 30.9 Å². The second-order valence-corrected chi connectivity index (χ2v) is 10.1. The van der Waals surface area contributed by atoms with Gasteiger partial charge < -0.3 is 50.6 Å². The number of pyridine rings is 1. The number of benzene rings is 1. The molecule has 1 saturated heterocycles. The first-order valence-electron chi connectivity index (χ1n) is 13.7. The zero-order valence-corrected chi connectivity index (χ0v) is 24.4. The Morgan fingerprint density at radius 2 is 1.93 bits per heavy atom. The van der Waals surface area contributed by atoms with E-state index < -0.39 is 43.1 Å². The molecule has 1 unspecified atom stereocenters. The number of hydrogen-bond donors (Lipinski definition) is 7. The van der Waals surface area contributed by atoms with Gasteiger partial charge in [-0.3, -0.25) is 9.78 Å². The van der Waals surface area contributed by atoms with Crippen LogP contribution in [-0.2, 0) is 9.47 Å². The highest BCUT2D eigenvalue weighted by Gasteiger charge is 2.43. The Balaban J connectivity index is 1.26. The van der Waals surface area contributed by atoms with E-state index in [1.165, 1.54) is 43.9 Å². The van der Waals surface area contributed by atoms with Crippen molar-refractivity contribution in [3.63, 3.8) is 0 Å². The minimum Gasteiger partial charge on any atom is -0.491 e. The largest absolute Gasteiger partial charge is 0.491 e. The van der Waals surface area contributed by atoms with Crippen LogP contribution in [0.2, 0.25) is 5.02 Å². The number of rotatable bonds is 14. The summed E-state index contributed by atoms with van der Waals surface area (Å²) in [6, 6.07) is 5.64. The summed E-state index contributed by atoms with van der Waals surface area (Å²) < 4.78 is 30.5. The van der Waals surface area contributed by atoms with Crippen LogP contribution in [0.15, 0.2) is 42.9 Å². The number of aliphatic hydroxyl groups excluding tert-OH is 4. The first kappa shape index (κ1) is 33.4. The van der Waals surface area contributed by atoms with Crippen molar-refractivity contribution in [3.8, 4) is 17.1 Å². The number of nitrogens with zero attached hydrogens (tertiary/aromatic N) is 3. The van der Waals surface area contributed by atoms with Crippen molar-refractivity contribution >= 4 is 29.0 Å². The number of carbonyl (C=O) groups is 1. The van der Waals surface area contributed by atoms with Crippen LogP contribution >= 0.6 is 11.6 Å². The van der Waals surface area contributed by atoms with Crippen LogP contribution in [-0.4, -0.2) is 112 Å². The van der Waals surface area contributed by atoms with Gasteiger partial charge in [-0.15, -0.1) is 0 Å². The van der Waals surface area contributed by atoms with Crippen LogP contribution in [0.5, 0.6) is 5.75 Å². The predicted octanol–water partition coefficient (Wildman–Crippen LogP) is 0.609. The van der Waals surface area contributed by atoms with Crippen molar-refractivity contribution in [1.82, 2.24) is 25.6 Å². The Bertz CT molecular complexity index is 1410. The average molecular weight is 637 g/mol. The van der Waals surface area contributed by atoms with Gasteiger partial charge in [0.2, 0.25) is 0 Å². The first-order chi connectivity index (χ1) is 21.2. The molecular weight excluding hydrogens is 603 g/mol. The molecule has 1 amide bonds. The van der Waals surface area contributed by atoms with E-state index in [1.54, 1.807) is 6.07 Å². The van der Waals surface area contributed by atoms with E-state index >= 15 is 0 Å². The highest BCUT2D eigenvalue weighted by Crippen LogP contribution is 2.30. The van der Waals surface area contributed by atoms with Gasteiger partial charge in [0.25, 0.3) is 5.91 Å². The molecule has 0 spiro atoms. The smallest absolute Gasteiger partial charge is 0.254 e. The molecule has 0 saturated carbocycles. The first-order valence-corrected chi connectivity index (χ1v) is 14.1. The van der Waals surface area contributed by atoms with Gasteiger partial charge in [-0.25, -0.2) is 14.4 Å². The Morgan fingerprint density at radius 3 is 2.70 bits per heavy atom. The van der Waals surface area contributed by atoms with Gasteiger partial charge in [-0.1, -0.05) is 11.6 Å². The minimum atomic E-state index is -1.50. The maximum absolute atomic E-state index is 14.4. The lowest BCUT2D eigenvalue weighted by Gasteiger charge is -2.39. The minimum absolute atomic E-state index is 0.0689. The molecule has 5 atom stereocenters. The van der Waals surface area contributed by atoms with E-state index in [0.29, 0.717) is 36.8 Å². The monoisotopic (exact) mass is 636 g/mol. The second-order valence-electron chi connectivity index (χ2n) is 9.71. The lowest BCUT2D eigenvalue weighted by Crippen LogP contribution is -2.59. The Kier molecular flexibility index (Phi) is 12.1. The van der Waals surface area contributed by atoms with E-state index in [-0.39, 0.29) is 41.0 Å². The van der Waals surface area contributed by atoms with Crippen molar-refractivity contribution in [1.29, 1.82) is 0 Å². The zero-order valence-electron chi connectivity index (χ0n) is 23.7. The fourth-order valence-corrected chi connectivity index (χ4v) is 4.48. The third kappa shape index (κ3) is 8.34. The van der Waals surface area contributed by atoms with E-state index in [9.17, 15) is 29.6 Å². The number of carbonyl (C=O) groups excluding carboxylic acids is 1. The van der Waals surface area contributed by atoms with Gasteiger partial charge >= 0.3 is 0 Å². The Morgan fingerprint density at radius 1 is 1.11 bits per heavy atom. The number of anilines is 2. The molecule has 1 fully saturated rings. The molecule has 0 radical (unpaired) electrons. The topological polar surface area (TPSA) is 200 Å². The molecule has 16 heteroatoms. The molecule has 1 aromatic carbocycles. The van der Waals surface area contributed by atoms with E-state index in [1.807, 2.05) is 0 Å². The molecule has 14 nitrogen and oxygen atoms in total. The van der Waals surface area contributed by atoms with Gasteiger partial charge in [0.1, 0.15) is 30.2 Å². The Labute approximate surface area is 257 Å². The number of ether oxygens (including phenoxy) is 3. The number of aromatic nitrogens is 3. The SMILES string of the molecule is COc1cnc(-c2cc(Cl)ccc2F)nc1Nc1ccncc1C(=O)NCCCNCCOC1O[C@H](CO)[C@@H](O)[C@H](O)[C@H]1O. The number of methoxy groups -OCH3 is 1. The fraction of sp³-hybridized carbons (Fsp3) is 0.429. The zero-order chi connectivity index (χ0) is 31.6. The number of hydrogen-bond acceptors (Lipinski definition) is 13. The van der Waals surface area contributed by atoms with Crippen LogP contribution in [0.25, 0.3) is 11.4 Å². The van der Waals surface area contributed by atoms with Gasteiger partial charge in [0.15, 0.2) is 23.7 Å². The number of nitrogens with one attached hydrogen (secondary N) is 3. The second kappa shape index (κ2) is 16.0. The summed E-state index contributed by atoms with van der Waals surface area (Å²) in [6.07, 6.45) is -1.79. The van der Waals surface area contributed by atoms with Crippen LogP contribution < -0.4 is 20.7 Å². The molecule has 3 heterocycles. The molecule has 238 valence electrons. The quantitative estimate of drug-likeness (QED) is 0.122. The highest BCUT2D eigenvalue weighted by atomic mass is 35.5. The summed E-state index contributed by atoms with van der Waals surface area (Å²) in [7, 11) is 1.43. The summed E-state index contributed by atoms with van der Waals surface area (Å²) in [4.78, 5) is 25.6. The maximum atomic E-state index is 14.4. The summed E-state index contributed by atoms with van der Waals surface area (Å²) in [5.41, 5.74) is 0.727. The normalized spacial score (nSPS) is 21.6. The van der Waals surface area contributed by atoms with Crippen LogP contribution in [0.3, 0.4) is 0 Å². The van der Waals surface area contributed by atoms with Crippen molar-refractivity contribution in [2.24, 2.45) is 0 Å². The van der Waals surface area contributed by atoms with Crippen LogP contribution in [0.4, 0.5) is 15.9 Å². The third-order valence-corrected chi connectivity index (χ3v) is 6.92. The molecule has 44 heavy (non-hydrogen) atoms. The lowest BCUT2D eigenvalue weighted by atomic mass is 9.99. The number of amides is 1. The van der Waals surface area contributed by atoms with E-state index in [4.69, 9.17) is 25.8 Å². The summed E-state index contributed by atoms with van der Waals surface area (Å²) in [5, 5.41) is 48.2. The number of halogens is 2. The van der Waals surface area contributed by atoms with Gasteiger partial charge in [0, 0.05) is 30.5 Å². The molecule has 3 aromatic rings. The lowest BCUT2D eigenvalue weighted by molar-refractivity contribution is -0.300. The maximum Gasteiger partial charge on any atom is 0.254 e. The highest BCUT2D eigenvalue weighted by molar-refractivity contribution is 6.30. The third-order valence-electron chi connectivity index (χ3n) is 6.69. The molecule has 4 rings (SSSR count). The summed E-state index contributed by atoms with van der Waals surface area (Å²) in [6.45, 7) is 0.825. The molecule has 1 aliphatic rings. The van der Waals surface area contributed by atoms with E-state index in [0.717, 1.165) is 0 Å². The molecule has 7 N–H and O–H groups in total. The fourth-order valence-electron chi connectivity index (χ4n) is 4.31. The Hall–Kier alpha value is -3.54. The molecule has 0 aliphatic carbocycles. The predicted molar refractivity (Wildman–Crippen MR) is 156 cm³/mol. The van der Waals surface area contributed by atoms with Crippen molar-refractivity contribution in [2.75, 3.05) is 45.3 Å². The molecular formula is C28H34ClFN6O8. The summed E-state index contributed by atoms with van der Waals surface area (Å²) in [5.74, 6) is -0.404. The molecule has 1 aliphatic heterocycles. The van der Waals surface area contributed by atoms with Crippen molar-refractivity contribution < 1.29 is 43.8 Å². The van der Waals surface area contributed by atoms with Gasteiger partial charge in [0.05, 0.1) is 43.3 Å². The molecule has 2 aromatic heterocycles. The van der Waals surface area contributed by atoms with Gasteiger partial charge in [-0.2, -0.15) is 0 Å². The average Bonchev–Trinajstić information content (AvgIpc) is 3.03. The number of aliphatic hydroxyl groups is 4.